The van der Waals surface area contributed by atoms with Crippen LogP contribution in [0.4, 0.5) is 5.69 Å². The van der Waals surface area contributed by atoms with Crippen molar-refractivity contribution in [3.05, 3.63) is 59.2 Å². The molecule has 3 amide bonds. The van der Waals surface area contributed by atoms with E-state index in [0.29, 0.717) is 22.6 Å². The van der Waals surface area contributed by atoms with Crippen LogP contribution in [0.1, 0.15) is 56.8 Å². The van der Waals surface area contributed by atoms with E-state index in [-0.39, 0.29) is 23.4 Å². The zero-order valence-corrected chi connectivity index (χ0v) is 15.0. The molecule has 0 bridgehead atoms. The number of nitrogens with zero attached hydrogens (tertiary/aromatic N) is 1. The molecule has 138 valence electrons. The van der Waals surface area contributed by atoms with Gasteiger partial charge in [-0.2, -0.15) is 0 Å². The number of nitrogens with one attached hydrogen (secondary N) is 1. The van der Waals surface area contributed by atoms with E-state index < -0.39 is 5.91 Å². The molecule has 2 aromatic carbocycles. The van der Waals surface area contributed by atoms with Crippen molar-refractivity contribution in [2.75, 3.05) is 12.0 Å². The molecule has 1 N–H and O–H groups in total. The molecule has 0 saturated heterocycles. The molecule has 0 radical (unpaired) electrons. The molecule has 4 rings (SSSR count). The van der Waals surface area contributed by atoms with Crippen molar-refractivity contribution in [3.63, 3.8) is 0 Å². The average Bonchev–Trinajstić information content (AvgIpc) is 3.28. The van der Waals surface area contributed by atoms with Crippen molar-refractivity contribution < 1.29 is 19.1 Å². The number of hydrogen-bond donors (Lipinski definition) is 1. The fourth-order valence-corrected chi connectivity index (χ4v) is 3.69. The third-order valence-corrected chi connectivity index (χ3v) is 5.17. The van der Waals surface area contributed by atoms with E-state index in [2.05, 4.69) is 5.32 Å². The Morgan fingerprint density at radius 3 is 2.33 bits per heavy atom. The maximum Gasteiger partial charge on any atom is 0.266 e. The number of benzene rings is 2. The zero-order valence-electron chi connectivity index (χ0n) is 15.0. The van der Waals surface area contributed by atoms with E-state index >= 15 is 0 Å². The molecule has 6 nitrogen and oxygen atoms in total. The Morgan fingerprint density at radius 1 is 1.00 bits per heavy atom. The third-order valence-electron chi connectivity index (χ3n) is 5.17. The maximum atomic E-state index is 12.8. The number of methoxy groups -OCH3 is 1. The first-order chi connectivity index (χ1) is 13.1. The Hall–Kier alpha value is -3.15. The van der Waals surface area contributed by atoms with Crippen LogP contribution >= 0.6 is 0 Å². The van der Waals surface area contributed by atoms with Crippen molar-refractivity contribution >= 4 is 23.4 Å². The van der Waals surface area contributed by atoms with Gasteiger partial charge in [0, 0.05) is 11.6 Å². The highest BCUT2D eigenvalue weighted by atomic mass is 16.5. The van der Waals surface area contributed by atoms with Crippen LogP contribution in [0.5, 0.6) is 5.75 Å². The molecule has 27 heavy (non-hydrogen) atoms. The highest BCUT2D eigenvalue weighted by Gasteiger charge is 2.37. The SMILES string of the molecule is COc1ccc(N2C(=O)c3ccc(C(=O)NC4CCCC4)cc3C2=O)cc1. The first-order valence-corrected chi connectivity index (χ1v) is 9.06. The average molecular weight is 364 g/mol. The molecule has 2 aromatic rings. The highest BCUT2D eigenvalue weighted by molar-refractivity contribution is 6.34. The van der Waals surface area contributed by atoms with E-state index in [1.807, 2.05) is 0 Å². The minimum Gasteiger partial charge on any atom is -0.497 e. The molecule has 1 fully saturated rings. The Kier molecular flexibility index (Phi) is 4.39. The lowest BCUT2D eigenvalue weighted by molar-refractivity contribution is 0.0921. The molecule has 0 spiro atoms. The molecule has 0 aromatic heterocycles. The lowest BCUT2D eigenvalue weighted by Crippen LogP contribution is -2.32. The van der Waals surface area contributed by atoms with Gasteiger partial charge in [0.05, 0.1) is 23.9 Å². The summed E-state index contributed by atoms with van der Waals surface area (Å²) >= 11 is 0. The van der Waals surface area contributed by atoms with Crippen LogP contribution in [0.2, 0.25) is 0 Å². The standard InChI is InChI=1S/C21H20N2O4/c1-27-16-9-7-15(8-10-16)23-20(25)17-11-6-13(12-18(17)21(23)26)19(24)22-14-4-2-3-5-14/h6-12,14H,2-5H2,1H3,(H,22,24). The topological polar surface area (TPSA) is 75.7 Å². The molecule has 0 atom stereocenters. The molecule has 6 heteroatoms. The van der Waals surface area contributed by atoms with Crippen LogP contribution in [-0.4, -0.2) is 30.9 Å². The largest absolute Gasteiger partial charge is 0.497 e. The van der Waals surface area contributed by atoms with Gasteiger partial charge in [0.15, 0.2) is 0 Å². The molecular weight excluding hydrogens is 344 g/mol. The maximum absolute atomic E-state index is 12.8. The summed E-state index contributed by atoms with van der Waals surface area (Å²) in [4.78, 5) is 39.1. The molecule has 1 heterocycles. The van der Waals surface area contributed by atoms with Crippen LogP contribution in [0.25, 0.3) is 0 Å². The second kappa shape index (κ2) is 6.87. The summed E-state index contributed by atoms with van der Waals surface area (Å²) in [6.45, 7) is 0. The number of ether oxygens (including phenoxy) is 1. The molecule has 1 saturated carbocycles. The number of amides is 3. The summed E-state index contributed by atoms with van der Waals surface area (Å²) in [5.74, 6) is -0.368. The second-order valence-corrected chi connectivity index (χ2v) is 6.86. The van der Waals surface area contributed by atoms with E-state index in [1.54, 1.807) is 43.5 Å². The predicted molar refractivity (Wildman–Crippen MR) is 100 cm³/mol. The van der Waals surface area contributed by atoms with Gasteiger partial charge >= 0.3 is 0 Å². The van der Waals surface area contributed by atoms with Gasteiger partial charge in [-0.15, -0.1) is 0 Å². The van der Waals surface area contributed by atoms with Crippen LogP contribution < -0.4 is 15.0 Å². The first kappa shape index (κ1) is 17.3. The zero-order chi connectivity index (χ0) is 19.0. The molecular formula is C21H20N2O4. The smallest absolute Gasteiger partial charge is 0.266 e. The van der Waals surface area contributed by atoms with Gasteiger partial charge in [-0.25, -0.2) is 4.90 Å². The van der Waals surface area contributed by atoms with E-state index in [1.165, 1.54) is 6.07 Å². The van der Waals surface area contributed by atoms with Crippen molar-refractivity contribution in [2.24, 2.45) is 0 Å². The number of carbonyl (C=O) groups is 3. The van der Waals surface area contributed by atoms with Gasteiger partial charge in [0.1, 0.15) is 5.75 Å². The van der Waals surface area contributed by atoms with Gasteiger partial charge in [-0.05, 0) is 55.3 Å². The second-order valence-electron chi connectivity index (χ2n) is 6.86. The van der Waals surface area contributed by atoms with E-state index in [9.17, 15) is 14.4 Å². The number of imide groups is 1. The fourth-order valence-electron chi connectivity index (χ4n) is 3.69. The summed E-state index contributed by atoms with van der Waals surface area (Å²) in [5.41, 5.74) is 1.44. The van der Waals surface area contributed by atoms with Crippen LogP contribution in [0, 0.1) is 0 Å². The number of rotatable bonds is 4. The Bertz CT molecular complexity index is 914. The number of fused-ring (bicyclic) bond motifs is 1. The summed E-state index contributed by atoms with van der Waals surface area (Å²) in [6, 6.07) is 11.6. The summed E-state index contributed by atoms with van der Waals surface area (Å²) in [7, 11) is 1.55. The fraction of sp³-hybridized carbons (Fsp3) is 0.286. The quantitative estimate of drug-likeness (QED) is 0.846. The van der Waals surface area contributed by atoms with Crippen molar-refractivity contribution in [1.29, 1.82) is 0 Å². The minimum absolute atomic E-state index is 0.193. The first-order valence-electron chi connectivity index (χ1n) is 9.06. The molecule has 1 aliphatic carbocycles. The minimum atomic E-state index is -0.421. The summed E-state index contributed by atoms with van der Waals surface area (Å²) < 4.78 is 5.11. The van der Waals surface area contributed by atoms with Crippen LogP contribution in [0.3, 0.4) is 0 Å². The Morgan fingerprint density at radius 2 is 1.67 bits per heavy atom. The highest BCUT2D eigenvalue weighted by Crippen LogP contribution is 2.30. The van der Waals surface area contributed by atoms with Crippen molar-refractivity contribution in [3.8, 4) is 5.75 Å². The van der Waals surface area contributed by atoms with E-state index in [4.69, 9.17) is 4.74 Å². The van der Waals surface area contributed by atoms with Gasteiger partial charge in [0.25, 0.3) is 17.7 Å². The van der Waals surface area contributed by atoms with Gasteiger partial charge in [0.2, 0.25) is 0 Å². The predicted octanol–water partition coefficient (Wildman–Crippen LogP) is 3.17. The lowest BCUT2D eigenvalue weighted by Gasteiger charge is -2.14. The molecule has 2 aliphatic rings. The van der Waals surface area contributed by atoms with Crippen molar-refractivity contribution in [1.82, 2.24) is 5.32 Å². The number of carbonyl (C=O) groups excluding carboxylic acids is 3. The lowest BCUT2D eigenvalue weighted by atomic mass is 10.0. The van der Waals surface area contributed by atoms with Gasteiger partial charge in [-0.1, -0.05) is 12.8 Å². The Labute approximate surface area is 157 Å². The van der Waals surface area contributed by atoms with Gasteiger partial charge < -0.3 is 10.1 Å². The van der Waals surface area contributed by atoms with Crippen LogP contribution in [-0.2, 0) is 0 Å². The number of anilines is 1. The summed E-state index contributed by atoms with van der Waals surface area (Å²) in [5, 5.41) is 3.01. The third kappa shape index (κ3) is 3.07. The van der Waals surface area contributed by atoms with Gasteiger partial charge in [-0.3, -0.25) is 14.4 Å². The number of hydrogen-bond acceptors (Lipinski definition) is 4. The molecule has 0 unspecified atom stereocenters. The monoisotopic (exact) mass is 364 g/mol. The Balaban J connectivity index is 1.59. The summed E-state index contributed by atoms with van der Waals surface area (Å²) in [6.07, 6.45) is 4.22. The van der Waals surface area contributed by atoms with Crippen molar-refractivity contribution in [2.45, 2.75) is 31.7 Å². The normalized spacial score (nSPS) is 16.6. The van der Waals surface area contributed by atoms with E-state index in [0.717, 1.165) is 30.6 Å². The molecule has 1 aliphatic heterocycles. The van der Waals surface area contributed by atoms with Crippen LogP contribution in [0.15, 0.2) is 42.5 Å².